The number of ether oxygens (including phenoxy) is 1. The van der Waals surface area contributed by atoms with Crippen molar-refractivity contribution in [1.82, 2.24) is 9.71 Å². The number of hydrogen-bond donors (Lipinski definition) is 1. The van der Waals surface area contributed by atoms with Crippen LogP contribution in [-0.4, -0.2) is 21.4 Å². The molecule has 0 radical (unpaired) electrons. The molecule has 0 aliphatic heterocycles. The highest BCUT2D eigenvalue weighted by Gasteiger charge is 2.29. The summed E-state index contributed by atoms with van der Waals surface area (Å²) >= 11 is -1.24. The number of hydrogen-bond acceptors (Lipinski definition) is 4. The second-order valence-electron chi connectivity index (χ2n) is 4.97. The summed E-state index contributed by atoms with van der Waals surface area (Å²) in [6, 6.07) is 1.02. The highest BCUT2D eigenvalue weighted by molar-refractivity contribution is 7.90. The first-order valence-electron chi connectivity index (χ1n) is 5.63. The lowest BCUT2D eigenvalue weighted by molar-refractivity contribution is 0.385. The van der Waals surface area contributed by atoms with Gasteiger partial charge in [-0.05, 0) is 33.8 Å². The predicted octanol–water partition coefficient (Wildman–Crippen LogP) is 2.34. The van der Waals surface area contributed by atoms with E-state index in [0.717, 1.165) is 6.20 Å². The average molecular weight is 274 g/mol. The minimum atomic E-state index is -1.24. The molecule has 4 nitrogen and oxygen atoms in total. The van der Waals surface area contributed by atoms with Gasteiger partial charge >= 0.3 is 0 Å². The first kappa shape index (κ1) is 15.2. The first-order chi connectivity index (χ1) is 8.25. The number of pyridine rings is 1. The monoisotopic (exact) mass is 274 g/mol. The Bertz CT molecular complexity index is 410. The lowest BCUT2D eigenvalue weighted by atomic mass is 10.1. The molecule has 0 amide bonds. The molecule has 1 heterocycles. The molecular weight excluding hydrogens is 255 g/mol. The van der Waals surface area contributed by atoms with Crippen molar-refractivity contribution in [2.45, 2.75) is 38.5 Å². The van der Waals surface area contributed by atoms with Crippen LogP contribution in [0.2, 0.25) is 0 Å². The molecule has 0 aliphatic rings. The zero-order chi connectivity index (χ0) is 13.9. The van der Waals surface area contributed by atoms with Crippen molar-refractivity contribution in [1.29, 1.82) is 0 Å². The Morgan fingerprint density at radius 1 is 1.50 bits per heavy atom. The van der Waals surface area contributed by atoms with Crippen LogP contribution >= 0.6 is 0 Å². The molecule has 0 fully saturated rings. The zero-order valence-corrected chi connectivity index (χ0v) is 12.1. The summed E-state index contributed by atoms with van der Waals surface area (Å²) in [6.07, 6.45) is 1.09. The summed E-state index contributed by atoms with van der Waals surface area (Å²) in [6.45, 7) is 7.39. The third-order valence-electron chi connectivity index (χ3n) is 2.35. The Labute approximate surface area is 110 Å². The fourth-order valence-electron chi connectivity index (χ4n) is 1.32. The number of nitrogens with zero attached hydrogens (tertiary/aromatic N) is 1. The highest BCUT2D eigenvalue weighted by Crippen LogP contribution is 2.25. The van der Waals surface area contributed by atoms with E-state index in [1.54, 1.807) is 6.92 Å². The van der Waals surface area contributed by atoms with Gasteiger partial charge in [-0.25, -0.2) is 9.37 Å². The third kappa shape index (κ3) is 3.83. The van der Waals surface area contributed by atoms with E-state index in [0.29, 0.717) is 11.4 Å². The molecule has 0 saturated heterocycles. The van der Waals surface area contributed by atoms with Gasteiger partial charge in [0, 0.05) is 16.9 Å². The molecule has 1 unspecified atom stereocenters. The van der Waals surface area contributed by atoms with E-state index >= 15 is 0 Å². The summed E-state index contributed by atoms with van der Waals surface area (Å²) in [7, 11) is 1.47. The molecule has 1 N–H and O–H groups in total. The maximum absolute atomic E-state index is 13.2. The second-order valence-corrected chi connectivity index (χ2v) is 6.97. The molecule has 18 heavy (non-hydrogen) atoms. The molecular formula is C12H19FN2O2S. The highest BCUT2D eigenvalue weighted by atomic mass is 32.2. The summed E-state index contributed by atoms with van der Waals surface area (Å²) in [4.78, 5) is 3.85. The van der Waals surface area contributed by atoms with Crippen LogP contribution < -0.4 is 9.46 Å². The van der Waals surface area contributed by atoms with Crippen LogP contribution in [0.25, 0.3) is 0 Å². The number of nitrogens with one attached hydrogen (secondary N) is 1. The maximum atomic E-state index is 13.2. The van der Waals surface area contributed by atoms with Gasteiger partial charge in [0.1, 0.15) is 10.6 Å². The SMILES string of the molecule is COc1ncc(F)cc1C(C)N[S@+]([O-])C(C)(C)C. The van der Waals surface area contributed by atoms with E-state index in [-0.39, 0.29) is 10.8 Å². The number of rotatable bonds is 4. The van der Waals surface area contributed by atoms with Crippen molar-refractivity contribution in [2.75, 3.05) is 7.11 Å². The minimum Gasteiger partial charge on any atom is -0.598 e. The van der Waals surface area contributed by atoms with Crippen molar-refractivity contribution < 1.29 is 13.7 Å². The Morgan fingerprint density at radius 3 is 2.61 bits per heavy atom. The molecule has 0 spiro atoms. The third-order valence-corrected chi connectivity index (χ3v) is 4.03. The van der Waals surface area contributed by atoms with Crippen LogP contribution in [0, 0.1) is 5.82 Å². The Kier molecular flexibility index (Phi) is 4.95. The maximum Gasteiger partial charge on any atom is 0.218 e. The second kappa shape index (κ2) is 5.86. The van der Waals surface area contributed by atoms with Gasteiger partial charge in [0.15, 0.2) is 0 Å². The largest absolute Gasteiger partial charge is 0.598 e. The lowest BCUT2D eigenvalue weighted by Crippen LogP contribution is -2.40. The summed E-state index contributed by atoms with van der Waals surface area (Å²) in [5.41, 5.74) is 0.551. The number of methoxy groups -OCH3 is 1. The van der Waals surface area contributed by atoms with Crippen molar-refractivity contribution >= 4 is 11.4 Å². The quantitative estimate of drug-likeness (QED) is 0.856. The van der Waals surface area contributed by atoms with Crippen LogP contribution in [0.3, 0.4) is 0 Å². The van der Waals surface area contributed by atoms with Crippen LogP contribution in [0.15, 0.2) is 12.3 Å². The van der Waals surface area contributed by atoms with Gasteiger partial charge in [-0.2, -0.15) is 0 Å². The van der Waals surface area contributed by atoms with E-state index in [9.17, 15) is 8.94 Å². The standard InChI is InChI=1S/C12H19FN2O2S/c1-8(15-18(16)12(2,3)4)10-6-9(13)7-14-11(10)17-5/h6-8,15H,1-5H3/t8?,18-/m1/s1. The van der Waals surface area contributed by atoms with Gasteiger partial charge in [0.2, 0.25) is 5.88 Å². The Balaban J connectivity index is 2.90. The molecule has 6 heteroatoms. The van der Waals surface area contributed by atoms with Crippen molar-refractivity contribution in [3.63, 3.8) is 0 Å². The van der Waals surface area contributed by atoms with Crippen molar-refractivity contribution in [2.24, 2.45) is 0 Å². The molecule has 0 saturated carbocycles. The number of halogens is 1. The fourth-order valence-corrected chi connectivity index (χ4v) is 2.13. The van der Waals surface area contributed by atoms with Crippen LogP contribution in [-0.2, 0) is 11.4 Å². The van der Waals surface area contributed by atoms with E-state index in [4.69, 9.17) is 4.74 Å². The van der Waals surface area contributed by atoms with E-state index in [1.165, 1.54) is 13.2 Å². The Hall–Kier alpha value is -0.850. The molecule has 0 aromatic carbocycles. The van der Waals surface area contributed by atoms with E-state index in [2.05, 4.69) is 9.71 Å². The molecule has 1 rings (SSSR count). The van der Waals surface area contributed by atoms with Crippen molar-refractivity contribution in [3.05, 3.63) is 23.6 Å². The Morgan fingerprint density at radius 2 is 2.11 bits per heavy atom. The van der Waals surface area contributed by atoms with Gasteiger partial charge < -0.3 is 9.29 Å². The molecule has 0 aliphatic carbocycles. The number of aromatic nitrogens is 1. The fraction of sp³-hybridized carbons (Fsp3) is 0.583. The molecule has 1 aromatic heterocycles. The normalized spacial score (nSPS) is 15.3. The predicted molar refractivity (Wildman–Crippen MR) is 70.2 cm³/mol. The summed E-state index contributed by atoms with van der Waals surface area (Å²) in [5.74, 6) is -0.108. The molecule has 1 aromatic rings. The smallest absolute Gasteiger partial charge is 0.218 e. The van der Waals surface area contributed by atoms with Crippen LogP contribution in [0.4, 0.5) is 4.39 Å². The molecule has 102 valence electrons. The lowest BCUT2D eigenvalue weighted by Gasteiger charge is -2.26. The van der Waals surface area contributed by atoms with E-state index in [1.807, 2.05) is 20.8 Å². The first-order valence-corrected chi connectivity index (χ1v) is 6.78. The van der Waals surface area contributed by atoms with Gasteiger partial charge in [-0.3, -0.25) is 0 Å². The minimum absolute atomic E-state index is 0.316. The van der Waals surface area contributed by atoms with Crippen LogP contribution in [0.1, 0.15) is 39.3 Å². The van der Waals surface area contributed by atoms with Gasteiger partial charge in [0.25, 0.3) is 0 Å². The summed E-state index contributed by atoms with van der Waals surface area (Å²) in [5, 5.41) is 0. The molecule has 2 atom stereocenters. The van der Waals surface area contributed by atoms with Crippen LogP contribution in [0.5, 0.6) is 5.88 Å². The van der Waals surface area contributed by atoms with Gasteiger partial charge in [-0.15, -0.1) is 4.72 Å². The van der Waals surface area contributed by atoms with Crippen molar-refractivity contribution in [3.8, 4) is 5.88 Å². The molecule has 0 bridgehead atoms. The topological polar surface area (TPSA) is 57.2 Å². The van der Waals surface area contributed by atoms with Gasteiger partial charge in [0.05, 0.1) is 19.3 Å². The zero-order valence-electron chi connectivity index (χ0n) is 11.3. The average Bonchev–Trinajstić information content (AvgIpc) is 2.27. The van der Waals surface area contributed by atoms with Gasteiger partial charge in [-0.1, -0.05) is 0 Å². The summed E-state index contributed by atoms with van der Waals surface area (Å²) < 4.78 is 32.8. The van der Waals surface area contributed by atoms with E-state index < -0.39 is 17.2 Å².